The van der Waals surface area contributed by atoms with Crippen molar-refractivity contribution in [2.45, 2.75) is 0 Å². The molecule has 9 aromatic rings. The zero-order valence-electron chi connectivity index (χ0n) is 50.0. The Hall–Kier alpha value is -5.72. The van der Waals surface area contributed by atoms with Crippen molar-refractivity contribution in [2.75, 3.05) is 0 Å². The van der Waals surface area contributed by atoms with Gasteiger partial charge in [-0.25, -0.2) is 0 Å². The van der Waals surface area contributed by atoms with Gasteiger partial charge in [0.15, 0.2) is 0 Å². The fourth-order valence-electron chi connectivity index (χ4n) is 5.25. The predicted molar refractivity (Wildman–Crippen MR) is 190 cm³/mol. The van der Waals surface area contributed by atoms with Crippen molar-refractivity contribution in [3.8, 4) is 33.4 Å². The molecule has 0 heterocycles. The van der Waals surface area contributed by atoms with Gasteiger partial charge in [-0.05, 0) is 99.3 Å². The maximum atomic E-state index is 9.80. The van der Waals surface area contributed by atoms with E-state index in [2.05, 4.69) is 0 Å². The van der Waals surface area contributed by atoms with Gasteiger partial charge in [-0.15, -0.1) is 0 Å². The number of hydrogen-bond donors (Lipinski definition) is 0. The highest BCUT2D eigenvalue weighted by molar-refractivity contribution is 6.24. The minimum Gasteiger partial charge on any atom is -0.0616 e. The quantitative estimate of drug-likeness (QED) is 0.181. The van der Waals surface area contributed by atoms with Crippen molar-refractivity contribution in [3.63, 3.8) is 0 Å². The highest BCUT2D eigenvalue weighted by Gasteiger charge is 2.19. The molecule has 0 spiro atoms. The van der Waals surface area contributed by atoms with Crippen molar-refractivity contribution >= 4 is 53.9 Å². The Morgan fingerprint density at radius 3 is 1.23 bits per heavy atom. The minimum atomic E-state index is -1.12. The standard InChI is InChI=1S/C44H28/c1-3-13-31-27-33(23-21-29(31)11-1)35-25-26-42(37-16-6-5-15-36(35)37)44-40-19-9-7-17-38(40)43(39-18-8-10-20-41(39)44)34-24-22-30-12-2-4-14-32(30)28-34/h1-28H/i1D,2D,3D,4D,5D,6D,7D,8D,9D,10D,11D,12D,13D,14D,15D,16D,17D,18D,19D,20D,21D,22D,23D,24D,25D,26D,27D,28D. The van der Waals surface area contributed by atoms with Crippen LogP contribution >= 0.6 is 0 Å². The summed E-state index contributed by atoms with van der Waals surface area (Å²) >= 11 is 0. The van der Waals surface area contributed by atoms with Gasteiger partial charge < -0.3 is 0 Å². The molecule has 0 aliphatic carbocycles. The van der Waals surface area contributed by atoms with Crippen LogP contribution in [0.3, 0.4) is 0 Å². The van der Waals surface area contributed by atoms with Crippen molar-refractivity contribution in [1.29, 1.82) is 0 Å². The largest absolute Gasteiger partial charge is 0.0636 e. The third-order valence-corrected chi connectivity index (χ3v) is 7.12. The van der Waals surface area contributed by atoms with E-state index < -0.39 is 256 Å². The maximum Gasteiger partial charge on any atom is 0.0636 e. The molecule has 0 amide bonds. The average molecular weight is 585 g/mol. The first-order valence-electron chi connectivity index (χ1n) is 27.0. The second kappa shape index (κ2) is 9.93. The van der Waals surface area contributed by atoms with E-state index in [9.17, 15) is 15.1 Å². The Kier molecular flexibility index (Phi) is 2.18. The second-order valence-electron chi connectivity index (χ2n) is 9.50. The summed E-state index contributed by atoms with van der Waals surface area (Å²) in [7, 11) is 0. The number of fused-ring (bicyclic) bond motifs is 5. The van der Waals surface area contributed by atoms with Gasteiger partial charge in [-0.2, -0.15) is 0 Å². The second-order valence-corrected chi connectivity index (χ2v) is 9.50. The summed E-state index contributed by atoms with van der Waals surface area (Å²) in [6, 6.07) is -26.7. The van der Waals surface area contributed by atoms with E-state index in [4.69, 9.17) is 23.3 Å². The lowest BCUT2D eigenvalue weighted by Crippen LogP contribution is -1.92. The lowest BCUT2D eigenvalue weighted by molar-refractivity contribution is 1.66. The van der Waals surface area contributed by atoms with Gasteiger partial charge in [-0.1, -0.05) is 157 Å². The van der Waals surface area contributed by atoms with E-state index in [-0.39, 0.29) is 0 Å². The van der Waals surface area contributed by atoms with E-state index in [0.717, 1.165) is 0 Å². The topological polar surface area (TPSA) is 0 Å². The van der Waals surface area contributed by atoms with E-state index in [0.29, 0.717) is 0 Å². The normalized spacial score (nSPS) is 20.5. The van der Waals surface area contributed by atoms with Crippen molar-refractivity contribution in [1.82, 2.24) is 0 Å². The number of benzene rings is 9. The molecule has 0 unspecified atom stereocenters. The van der Waals surface area contributed by atoms with Gasteiger partial charge in [0.25, 0.3) is 0 Å². The van der Waals surface area contributed by atoms with Crippen LogP contribution in [-0.2, 0) is 0 Å². The van der Waals surface area contributed by atoms with Crippen LogP contribution in [0.1, 0.15) is 38.4 Å². The Morgan fingerprint density at radius 2 is 0.659 bits per heavy atom. The summed E-state index contributed by atoms with van der Waals surface area (Å²) in [5, 5.41) is -7.06. The molecule has 0 N–H and O–H groups in total. The molecule has 0 aliphatic rings. The Bertz CT molecular complexity index is 4040. The molecule has 0 heteroatoms. The van der Waals surface area contributed by atoms with E-state index >= 15 is 0 Å². The first-order valence-corrected chi connectivity index (χ1v) is 13.0. The molecule has 0 bridgehead atoms. The summed E-state index contributed by atoms with van der Waals surface area (Å²) < 4.78 is 252. The zero-order chi connectivity index (χ0) is 53.4. The van der Waals surface area contributed by atoms with Crippen LogP contribution in [0.5, 0.6) is 0 Å². The highest BCUT2D eigenvalue weighted by Crippen LogP contribution is 2.46. The van der Waals surface area contributed by atoms with E-state index in [1.165, 1.54) is 0 Å². The summed E-state index contributed by atoms with van der Waals surface area (Å²) in [6.45, 7) is 0. The molecule has 0 saturated carbocycles. The smallest absolute Gasteiger partial charge is 0.0616 e. The molecule has 0 aliphatic heterocycles. The lowest BCUT2D eigenvalue weighted by Gasteiger charge is -2.20. The highest BCUT2D eigenvalue weighted by atomic mass is 14.2. The summed E-state index contributed by atoms with van der Waals surface area (Å²) in [4.78, 5) is 0. The Labute approximate surface area is 295 Å². The fourth-order valence-corrected chi connectivity index (χ4v) is 5.25. The van der Waals surface area contributed by atoms with Gasteiger partial charge in [0.1, 0.15) is 0 Å². The molecule has 0 saturated heterocycles. The van der Waals surface area contributed by atoms with Gasteiger partial charge in [0.2, 0.25) is 0 Å². The molecule has 0 radical (unpaired) electrons. The van der Waals surface area contributed by atoms with Crippen LogP contribution in [0, 0.1) is 0 Å². The van der Waals surface area contributed by atoms with Crippen molar-refractivity contribution < 1.29 is 38.4 Å². The first-order chi connectivity index (χ1) is 33.5. The lowest BCUT2D eigenvalue weighted by atomic mass is 9.83. The summed E-state index contributed by atoms with van der Waals surface area (Å²) in [5.41, 5.74) is -4.73. The zero-order valence-corrected chi connectivity index (χ0v) is 22.0. The summed E-state index contributed by atoms with van der Waals surface area (Å²) in [6.07, 6.45) is 0. The van der Waals surface area contributed by atoms with Crippen LogP contribution in [-0.4, -0.2) is 0 Å². The molecular formula is C44H28. The Balaban J connectivity index is 1.64. The third kappa shape index (κ3) is 3.85. The molecule has 0 nitrogen and oxygen atoms in total. The van der Waals surface area contributed by atoms with Crippen LogP contribution in [0.4, 0.5) is 0 Å². The van der Waals surface area contributed by atoms with Crippen LogP contribution in [0.25, 0.3) is 87.2 Å². The average Bonchev–Trinajstić information content (AvgIpc) is 3.34. The van der Waals surface area contributed by atoms with Crippen molar-refractivity contribution in [2.24, 2.45) is 0 Å². The molecule has 44 heavy (non-hydrogen) atoms. The van der Waals surface area contributed by atoms with Crippen LogP contribution in [0.15, 0.2) is 169 Å². The van der Waals surface area contributed by atoms with Gasteiger partial charge >= 0.3 is 0 Å². The molecule has 9 aromatic carbocycles. The predicted octanol–water partition coefficient (Wildman–Crippen LogP) is 12.5. The van der Waals surface area contributed by atoms with Gasteiger partial charge in [0, 0.05) is 0 Å². The maximum absolute atomic E-state index is 9.80. The molecule has 0 fully saturated rings. The molecule has 9 rings (SSSR count). The van der Waals surface area contributed by atoms with Crippen LogP contribution in [0.2, 0.25) is 0 Å². The first kappa shape index (κ1) is 9.64. The minimum absolute atomic E-state index is 0.572. The number of rotatable bonds is 3. The SMILES string of the molecule is [2H]c1c([2H])c([2H])c2c([2H])c(-c3c([2H])c([2H])c(-c4c5c([2H])c([2H])c([2H])c([2H])c5c(-c5c([2H])c([2H])c6c([2H])c([2H])c([2H])c([2H])c6c5[2H])c5c([2H])c([2H])c([2H])c([2H])c45)c4c([2H])c([2H])c([2H])c([2H])c34)c([2H])c([2H])c2c1[2H]. The van der Waals surface area contributed by atoms with E-state index in [1.807, 2.05) is 0 Å². The van der Waals surface area contributed by atoms with E-state index in [1.54, 1.807) is 0 Å². The van der Waals surface area contributed by atoms with Gasteiger partial charge in [-0.3, -0.25) is 0 Å². The monoisotopic (exact) mass is 584 g/mol. The summed E-state index contributed by atoms with van der Waals surface area (Å²) in [5.74, 6) is 0. The van der Waals surface area contributed by atoms with Gasteiger partial charge in [0.05, 0.1) is 38.4 Å². The molecule has 204 valence electrons. The molecule has 0 atom stereocenters. The molecular weight excluding hydrogens is 528 g/mol. The third-order valence-electron chi connectivity index (χ3n) is 7.12. The number of hydrogen-bond acceptors (Lipinski definition) is 0. The van der Waals surface area contributed by atoms with Crippen LogP contribution < -0.4 is 0 Å². The molecule has 0 aromatic heterocycles. The Morgan fingerprint density at radius 1 is 0.273 bits per heavy atom. The fraction of sp³-hybridized carbons (Fsp3) is 0. The van der Waals surface area contributed by atoms with Crippen molar-refractivity contribution in [3.05, 3.63) is 169 Å².